The summed E-state index contributed by atoms with van der Waals surface area (Å²) < 4.78 is 29.6. The summed E-state index contributed by atoms with van der Waals surface area (Å²) in [6, 6.07) is 11.3. The first-order valence-corrected chi connectivity index (χ1v) is 8.61. The highest BCUT2D eigenvalue weighted by atomic mass is 32.2. The Kier molecular flexibility index (Phi) is 6.89. The smallest absolute Gasteiger partial charge is 0.338 e. The van der Waals surface area contributed by atoms with Gasteiger partial charge in [-0.3, -0.25) is 9.59 Å². The summed E-state index contributed by atoms with van der Waals surface area (Å²) in [4.78, 5) is 35.5. The van der Waals surface area contributed by atoms with E-state index in [0.29, 0.717) is 22.3 Å². The molecule has 0 saturated heterocycles. The molecule has 0 aromatic heterocycles. The molecule has 6 nitrogen and oxygen atoms in total. The van der Waals surface area contributed by atoms with Crippen molar-refractivity contribution in [3.8, 4) is 0 Å². The van der Waals surface area contributed by atoms with Crippen LogP contribution in [0.5, 0.6) is 0 Å². The zero-order valence-corrected chi connectivity index (χ0v) is 15.0. The number of ether oxygens (including phenoxy) is 1. The van der Waals surface area contributed by atoms with Gasteiger partial charge in [-0.2, -0.15) is 8.78 Å². The summed E-state index contributed by atoms with van der Waals surface area (Å²) in [6.07, 6.45) is -1.09. The molecule has 2 aromatic rings. The maximum absolute atomic E-state index is 12.3. The highest BCUT2D eigenvalue weighted by Crippen LogP contribution is 2.26. The fourth-order valence-electron chi connectivity index (χ4n) is 2.02. The molecule has 9 heteroatoms. The second-order valence-corrected chi connectivity index (χ2v) is 6.44. The van der Waals surface area contributed by atoms with Crippen LogP contribution >= 0.6 is 11.8 Å². The fraction of sp³-hybridized carbons (Fsp3) is 0.167. The standard InChI is InChI=1S/C18H16F2N2O4S/c1-10(26-17(25)12-4-2-11(3-5-12)15(21)23)16(24)22-13-6-8-14(9-7-13)27-18(19)20/h2-10,18H,1H3,(H2,21,23)(H,22,24)/t10-/m0/s1. The minimum Gasteiger partial charge on any atom is -0.449 e. The lowest BCUT2D eigenvalue weighted by atomic mass is 10.1. The molecule has 0 aliphatic heterocycles. The molecule has 0 aliphatic carbocycles. The summed E-state index contributed by atoms with van der Waals surface area (Å²) in [5.41, 5.74) is 5.90. The van der Waals surface area contributed by atoms with E-state index >= 15 is 0 Å². The highest BCUT2D eigenvalue weighted by Gasteiger charge is 2.19. The van der Waals surface area contributed by atoms with E-state index in [9.17, 15) is 23.2 Å². The second-order valence-electron chi connectivity index (χ2n) is 5.38. The predicted octanol–water partition coefficient (Wildman–Crippen LogP) is 3.28. The molecule has 142 valence electrons. The van der Waals surface area contributed by atoms with Gasteiger partial charge in [-0.15, -0.1) is 0 Å². The van der Waals surface area contributed by atoms with Gasteiger partial charge in [0, 0.05) is 16.1 Å². The molecule has 0 heterocycles. The number of nitrogens with two attached hydrogens (primary N) is 1. The van der Waals surface area contributed by atoms with Gasteiger partial charge in [0.05, 0.1) is 5.56 Å². The molecular formula is C18H16F2N2O4S. The van der Waals surface area contributed by atoms with Crippen LogP contribution in [-0.4, -0.2) is 29.6 Å². The zero-order chi connectivity index (χ0) is 20.0. The van der Waals surface area contributed by atoms with Gasteiger partial charge in [-0.25, -0.2) is 4.79 Å². The Bertz CT molecular complexity index is 826. The van der Waals surface area contributed by atoms with Crippen molar-refractivity contribution in [2.24, 2.45) is 5.73 Å². The van der Waals surface area contributed by atoms with Gasteiger partial charge in [0.25, 0.3) is 11.7 Å². The quantitative estimate of drug-likeness (QED) is 0.555. The number of anilines is 1. The number of carbonyl (C=O) groups is 3. The normalized spacial score (nSPS) is 11.7. The van der Waals surface area contributed by atoms with Crippen molar-refractivity contribution in [1.82, 2.24) is 0 Å². The number of hydrogen-bond acceptors (Lipinski definition) is 5. The number of carbonyl (C=O) groups excluding carboxylic acids is 3. The molecule has 0 aliphatic rings. The van der Waals surface area contributed by atoms with Gasteiger partial charge >= 0.3 is 5.97 Å². The number of thioether (sulfide) groups is 1. The van der Waals surface area contributed by atoms with Crippen LogP contribution in [0.1, 0.15) is 27.6 Å². The van der Waals surface area contributed by atoms with Gasteiger partial charge in [-0.1, -0.05) is 11.8 Å². The zero-order valence-electron chi connectivity index (χ0n) is 14.1. The minimum absolute atomic E-state index is 0.160. The second kappa shape index (κ2) is 9.13. The number of rotatable bonds is 7. The van der Waals surface area contributed by atoms with Crippen LogP contribution in [0.3, 0.4) is 0 Å². The lowest BCUT2D eigenvalue weighted by molar-refractivity contribution is -0.123. The molecular weight excluding hydrogens is 378 g/mol. The predicted molar refractivity (Wildman–Crippen MR) is 96.8 cm³/mol. The SMILES string of the molecule is C[C@H](OC(=O)c1ccc(C(N)=O)cc1)C(=O)Nc1ccc(SC(F)F)cc1. The summed E-state index contributed by atoms with van der Waals surface area (Å²) in [5, 5.41) is 2.53. The van der Waals surface area contributed by atoms with E-state index in [-0.39, 0.29) is 11.1 Å². The van der Waals surface area contributed by atoms with Crippen molar-refractivity contribution in [2.75, 3.05) is 5.32 Å². The third-order valence-electron chi connectivity index (χ3n) is 3.41. The number of nitrogens with one attached hydrogen (secondary N) is 1. The van der Waals surface area contributed by atoms with Crippen molar-refractivity contribution in [2.45, 2.75) is 23.7 Å². The van der Waals surface area contributed by atoms with E-state index in [1.54, 1.807) is 0 Å². The van der Waals surface area contributed by atoms with Crippen LogP contribution in [0.2, 0.25) is 0 Å². The summed E-state index contributed by atoms with van der Waals surface area (Å²) in [5.74, 6) is -4.47. The van der Waals surface area contributed by atoms with Crippen molar-refractivity contribution >= 4 is 35.2 Å². The molecule has 27 heavy (non-hydrogen) atoms. The topological polar surface area (TPSA) is 98.5 Å². The molecule has 3 N–H and O–H groups in total. The molecule has 0 bridgehead atoms. The lowest BCUT2D eigenvalue weighted by Crippen LogP contribution is -2.30. The highest BCUT2D eigenvalue weighted by molar-refractivity contribution is 7.99. The third-order valence-corrected chi connectivity index (χ3v) is 4.13. The van der Waals surface area contributed by atoms with Crippen LogP contribution in [0.4, 0.5) is 14.5 Å². The van der Waals surface area contributed by atoms with E-state index in [1.165, 1.54) is 55.5 Å². The Labute approximate surface area is 158 Å². The summed E-state index contributed by atoms with van der Waals surface area (Å²) >= 11 is 0.397. The van der Waals surface area contributed by atoms with Crippen LogP contribution in [0.25, 0.3) is 0 Å². The number of benzene rings is 2. The molecule has 1 atom stereocenters. The van der Waals surface area contributed by atoms with Gasteiger partial charge in [0.1, 0.15) is 0 Å². The monoisotopic (exact) mass is 394 g/mol. The number of primary amides is 1. The first kappa shape index (κ1) is 20.4. The average Bonchev–Trinajstić information content (AvgIpc) is 2.62. The number of alkyl halides is 2. The van der Waals surface area contributed by atoms with E-state index in [0.717, 1.165) is 0 Å². The van der Waals surface area contributed by atoms with E-state index in [2.05, 4.69) is 5.32 Å². The number of amides is 2. The Morgan fingerprint density at radius 2 is 1.56 bits per heavy atom. The maximum atomic E-state index is 12.3. The number of halogens is 2. The Hall–Kier alpha value is -2.94. The van der Waals surface area contributed by atoms with Crippen LogP contribution in [0, 0.1) is 0 Å². The summed E-state index contributed by atoms with van der Waals surface area (Å²) in [7, 11) is 0. The third kappa shape index (κ3) is 6.07. The van der Waals surface area contributed by atoms with Gasteiger partial charge in [0.15, 0.2) is 6.10 Å². The van der Waals surface area contributed by atoms with Crippen LogP contribution in [-0.2, 0) is 9.53 Å². The van der Waals surface area contributed by atoms with E-state index in [1.807, 2.05) is 0 Å². The van der Waals surface area contributed by atoms with Gasteiger partial charge in [-0.05, 0) is 55.5 Å². The Morgan fingerprint density at radius 3 is 2.07 bits per heavy atom. The first-order valence-electron chi connectivity index (χ1n) is 7.73. The van der Waals surface area contributed by atoms with E-state index < -0.39 is 29.6 Å². The molecule has 0 fully saturated rings. The van der Waals surface area contributed by atoms with Crippen molar-refractivity contribution in [3.63, 3.8) is 0 Å². The van der Waals surface area contributed by atoms with Crippen LogP contribution < -0.4 is 11.1 Å². The minimum atomic E-state index is -2.53. The average molecular weight is 394 g/mol. The van der Waals surface area contributed by atoms with Gasteiger partial charge in [0.2, 0.25) is 5.91 Å². The maximum Gasteiger partial charge on any atom is 0.338 e. The van der Waals surface area contributed by atoms with E-state index in [4.69, 9.17) is 10.5 Å². The molecule has 2 rings (SSSR count). The lowest BCUT2D eigenvalue weighted by Gasteiger charge is -2.14. The first-order chi connectivity index (χ1) is 12.8. The van der Waals surface area contributed by atoms with Gasteiger partial charge < -0.3 is 15.8 Å². The van der Waals surface area contributed by atoms with Crippen molar-refractivity contribution in [3.05, 3.63) is 59.7 Å². The van der Waals surface area contributed by atoms with Crippen molar-refractivity contribution in [1.29, 1.82) is 0 Å². The number of hydrogen-bond donors (Lipinski definition) is 2. The molecule has 0 unspecified atom stereocenters. The molecule has 0 saturated carbocycles. The molecule has 0 spiro atoms. The molecule has 2 aromatic carbocycles. The largest absolute Gasteiger partial charge is 0.449 e. The number of esters is 1. The molecule has 0 radical (unpaired) electrons. The van der Waals surface area contributed by atoms with Crippen LogP contribution in [0.15, 0.2) is 53.4 Å². The summed E-state index contributed by atoms with van der Waals surface area (Å²) in [6.45, 7) is 1.39. The Balaban J connectivity index is 1.92. The molecule has 2 amide bonds. The Morgan fingerprint density at radius 1 is 1.00 bits per heavy atom. The fourth-order valence-corrected chi connectivity index (χ4v) is 2.52. The van der Waals surface area contributed by atoms with Crippen molar-refractivity contribution < 1.29 is 27.9 Å².